The van der Waals surface area contributed by atoms with Gasteiger partial charge < -0.3 is 72.9 Å². The van der Waals surface area contributed by atoms with Crippen molar-refractivity contribution in [3.8, 4) is 0 Å². The highest BCUT2D eigenvalue weighted by atomic mass is 16.5. The lowest BCUT2D eigenvalue weighted by atomic mass is 9.79. The largest absolute Gasteiger partial charge is 0.481 e. The van der Waals surface area contributed by atoms with E-state index in [-0.39, 0.29) is 160 Å². The first-order valence-corrected chi connectivity index (χ1v) is 32.0. The Morgan fingerprint density at radius 2 is 1.35 bits per heavy atom. The molecule has 1 saturated carbocycles. The number of fused-ring (bicyclic) bond motifs is 22. The number of aliphatic hydroxyl groups excluding tert-OH is 3. The van der Waals surface area contributed by atoms with Gasteiger partial charge in [0, 0.05) is 96.1 Å². The molecule has 3 saturated heterocycles. The first kappa shape index (κ1) is 71.8. The maximum Gasteiger partial charge on any atom is 0.305 e. The highest BCUT2D eigenvalue weighted by Crippen LogP contribution is 2.30. The third kappa shape index (κ3) is 22.6. The van der Waals surface area contributed by atoms with Crippen molar-refractivity contribution in [2.75, 3.05) is 118 Å². The molecule has 3 heterocycles. The Labute approximate surface area is 520 Å². The number of Topliss-reactive ketones (excluding diaryl/α,β-unsaturated/α-hetero) is 2. The molecule has 27 heteroatoms. The number of allylic oxidation sites excluding steroid dienone is 4. The van der Waals surface area contributed by atoms with Crippen LogP contribution in [-0.2, 0) is 57.4 Å². The molecule has 7 amide bonds. The van der Waals surface area contributed by atoms with Crippen LogP contribution < -0.4 is 48.3 Å². The van der Waals surface area contributed by atoms with Crippen molar-refractivity contribution >= 4 is 58.9 Å². The molecular weight excluding hydrogens is 1150 g/mol. The zero-order valence-corrected chi connectivity index (χ0v) is 51.5. The maximum atomic E-state index is 14.3. The standard InChI is InChI=1S/C62H97N11O16/c1-39-19-29-73(38-41(8-2-3-21-63)71-62(87)49-16-7-15-48(54(49)79)61(86)70-28-35-89-37-36-88-34-20-50(74)75)33-27-69-60(85)47-14-6-13-46(53(47)78)59(84)68-26-32-72-30-24-66-57(82)44-11-4-9-42(51(44)76)55(80)64-22-17-40(39)18-23-65-56(81)43-10-5-12-45(52(43)77)58(83)67-25-31-72/h4,7,9,11-12,16,39-43,46-49,51,54,61,70,76,79,86H,2-3,5-6,8,10,13-15,17-38,63H2,1H3,(H,64,80)(H,65,81)(H,66,82)(H,67,83)(H,68,84)(H,69,85)(H,71,87)(H,74,75). The molecule has 89 heavy (non-hydrogen) atoms. The van der Waals surface area contributed by atoms with E-state index in [2.05, 4.69) is 47.4 Å². The number of carbonyl (C=O) groups is 10. The molecule has 3 aliphatic heterocycles. The average Bonchev–Trinajstić information content (AvgIpc) is 2.13. The van der Waals surface area contributed by atoms with Crippen LogP contribution in [0.1, 0.15) is 90.4 Å². The topological polar surface area (TPSA) is 399 Å². The van der Waals surface area contributed by atoms with E-state index >= 15 is 0 Å². The number of nitrogens with two attached hydrogens (primary N) is 1. The fourth-order valence-electron chi connectivity index (χ4n) is 12.4. The molecule has 4 aliphatic carbocycles. The summed E-state index contributed by atoms with van der Waals surface area (Å²) in [7, 11) is 0. The Bertz CT molecular complexity index is 2530. The van der Waals surface area contributed by atoms with Crippen LogP contribution in [0.25, 0.3) is 0 Å². The van der Waals surface area contributed by atoms with Crippen molar-refractivity contribution in [1.29, 1.82) is 0 Å². The molecule has 14 N–H and O–H groups in total. The molecule has 13 unspecified atom stereocenters. The minimum absolute atomic E-state index is 0.0148. The Morgan fingerprint density at radius 1 is 0.719 bits per heavy atom. The van der Waals surface area contributed by atoms with Crippen LogP contribution in [0.5, 0.6) is 0 Å². The lowest BCUT2D eigenvalue weighted by molar-refractivity contribution is -0.143. The summed E-state index contributed by atoms with van der Waals surface area (Å²) >= 11 is 0. The number of amides is 7. The Kier molecular flexibility index (Phi) is 30.5. The number of ether oxygens (including phenoxy) is 2. The smallest absolute Gasteiger partial charge is 0.305 e. The normalized spacial score (nSPS) is 29.6. The highest BCUT2D eigenvalue weighted by Gasteiger charge is 2.41. The van der Waals surface area contributed by atoms with Gasteiger partial charge in [0.25, 0.3) is 5.91 Å². The second-order valence-electron chi connectivity index (χ2n) is 24.1. The third-order valence-corrected chi connectivity index (χ3v) is 17.8. The number of rotatable bonds is 19. The van der Waals surface area contributed by atoms with Gasteiger partial charge in [-0.1, -0.05) is 56.2 Å². The summed E-state index contributed by atoms with van der Waals surface area (Å²) in [4.78, 5) is 139. The molecule has 7 aliphatic rings. The molecule has 0 radical (unpaired) electrons. The second-order valence-corrected chi connectivity index (χ2v) is 24.1. The van der Waals surface area contributed by atoms with Gasteiger partial charge in [-0.3, -0.25) is 63.1 Å². The first-order chi connectivity index (χ1) is 42.9. The van der Waals surface area contributed by atoms with E-state index in [9.17, 15) is 63.3 Å². The molecule has 27 nitrogen and oxygen atoms in total. The lowest BCUT2D eigenvalue weighted by Gasteiger charge is -2.35. The van der Waals surface area contributed by atoms with Crippen LogP contribution in [0, 0.1) is 47.3 Å². The van der Waals surface area contributed by atoms with E-state index < -0.39 is 119 Å². The van der Waals surface area contributed by atoms with E-state index in [0.29, 0.717) is 64.5 Å². The van der Waals surface area contributed by atoms with Crippen LogP contribution in [0.4, 0.5) is 0 Å². The molecule has 0 aromatic rings. The minimum Gasteiger partial charge on any atom is -0.481 e. The molecule has 0 aromatic carbocycles. The van der Waals surface area contributed by atoms with E-state index in [1.165, 1.54) is 18.2 Å². The molecule has 8 bridgehead atoms. The average molecular weight is 1250 g/mol. The number of aliphatic hydroxyl groups is 3. The van der Waals surface area contributed by atoms with Crippen LogP contribution in [0.3, 0.4) is 0 Å². The van der Waals surface area contributed by atoms with Crippen molar-refractivity contribution in [2.45, 2.75) is 115 Å². The Morgan fingerprint density at radius 3 is 2.03 bits per heavy atom. The number of unbranched alkanes of at least 4 members (excludes halogenated alkanes) is 1. The summed E-state index contributed by atoms with van der Waals surface area (Å²) in [6.45, 7) is 5.41. The molecule has 4 fully saturated rings. The fraction of sp³-hybridized carbons (Fsp3) is 0.710. The van der Waals surface area contributed by atoms with Crippen molar-refractivity contribution in [2.24, 2.45) is 53.1 Å². The van der Waals surface area contributed by atoms with Crippen LogP contribution in [0.15, 0.2) is 47.6 Å². The third-order valence-electron chi connectivity index (χ3n) is 17.8. The predicted octanol–water partition coefficient (Wildman–Crippen LogP) is -2.32. The summed E-state index contributed by atoms with van der Waals surface area (Å²) in [5.74, 6) is -12.2. The van der Waals surface area contributed by atoms with Gasteiger partial charge in [0.05, 0.1) is 74.3 Å². The van der Waals surface area contributed by atoms with Gasteiger partial charge in [-0.05, 0) is 89.1 Å². The maximum absolute atomic E-state index is 14.3. The first-order valence-electron chi connectivity index (χ1n) is 32.0. The van der Waals surface area contributed by atoms with E-state index in [4.69, 9.17) is 20.3 Å². The lowest BCUT2D eigenvalue weighted by Crippen LogP contribution is -2.53. The predicted molar refractivity (Wildman–Crippen MR) is 325 cm³/mol. The van der Waals surface area contributed by atoms with Gasteiger partial charge in [-0.25, -0.2) is 0 Å². The highest BCUT2D eigenvalue weighted by molar-refractivity contribution is 6.25. The second kappa shape index (κ2) is 37.8. The van der Waals surface area contributed by atoms with Crippen molar-refractivity contribution in [3.63, 3.8) is 0 Å². The summed E-state index contributed by atoms with van der Waals surface area (Å²) in [5.41, 5.74) is 5.82. The van der Waals surface area contributed by atoms with Gasteiger partial charge in [0.1, 0.15) is 12.1 Å². The van der Waals surface area contributed by atoms with Gasteiger partial charge in [-0.2, -0.15) is 0 Å². The zero-order chi connectivity index (χ0) is 64.2. The van der Waals surface area contributed by atoms with Crippen LogP contribution in [0.2, 0.25) is 0 Å². The molecule has 13 atom stereocenters. The number of aliphatic carboxylic acids is 1. The monoisotopic (exact) mass is 1250 g/mol. The number of carbonyl (C=O) groups excluding carboxylic acids is 9. The quantitative estimate of drug-likeness (QED) is 0.0212. The number of ketones is 2. The van der Waals surface area contributed by atoms with Gasteiger partial charge in [-0.15, -0.1) is 0 Å². The molecule has 0 aromatic heterocycles. The Hall–Kier alpha value is -6.30. The van der Waals surface area contributed by atoms with Crippen molar-refractivity contribution in [3.05, 3.63) is 47.6 Å². The van der Waals surface area contributed by atoms with Crippen LogP contribution in [-0.4, -0.2) is 232 Å². The zero-order valence-electron chi connectivity index (χ0n) is 51.5. The SMILES string of the molecule is CC1CCN(CC(CCCCN)NC(=O)C2C=CCC(C(O)NCCOCCOCCC(=O)O)C2O)CCNC(=O)C2CCCC(C(=O)NCCN3CCNC(=O)C4=CCCC(C(=O)NCCC1CCNC(=O)C1C=CC=C(C(=O)NCC3)C1O)C4=O)C2=O. The van der Waals surface area contributed by atoms with Gasteiger partial charge >= 0.3 is 5.97 Å². The summed E-state index contributed by atoms with van der Waals surface area (Å²) in [5, 5.41) is 66.4. The molecule has 0 spiro atoms. The van der Waals surface area contributed by atoms with E-state index in [1.807, 2.05) is 11.8 Å². The molecule has 7 rings (SSSR count). The molecular formula is C62H97N11O16. The van der Waals surface area contributed by atoms with Gasteiger partial charge in [0.15, 0.2) is 11.6 Å². The summed E-state index contributed by atoms with van der Waals surface area (Å²) in [6.07, 6.45) is 10.3. The summed E-state index contributed by atoms with van der Waals surface area (Å²) in [6, 6.07) is -0.501. The molecule has 496 valence electrons. The number of carboxylic acids is 1. The number of hydrogen-bond acceptors (Lipinski definition) is 19. The van der Waals surface area contributed by atoms with Crippen LogP contribution >= 0.6 is 0 Å². The number of carboxylic acid groups (broad SMARTS) is 1. The Balaban J connectivity index is 1.24. The van der Waals surface area contributed by atoms with Gasteiger partial charge in [0.2, 0.25) is 35.4 Å². The minimum atomic E-state index is -1.46. The van der Waals surface area contributed by atoms with Crippen molar-refractivity contribution < 1.29 is 77.8 Å². The summed E-state index contributed by atoms with van der Waals surface area (Å²) < 4.78 is 10.8. The number of nitrogens with zero attached hydrogens (tertiary/aromatic N) is 2. The fourth-order valence-corrected chi connectivity index (χ4v) is 12.4. The van der Waals surface area contributed by atoms with E-state index in [0.717, 1.165) is 0 Å². The number of nitrogens with one attached hydrogen (secondary N) is 8. The number of hydrogen-bond donors (Lipinski definition) is 13. The van der Waals surface area contributed by atoms with Crippen molar-refractivity contribution in [1.82, 2.24) is 52.3 Å². The van der Waals surface area contributed by atoms with E-state index in [1.54, 1.807) is 18.2 Å².